The fraction of sp³-hybridized carbons (Fsp3) is 0.500. The predicted molar refractivity (Wildman–Crippen MR) is 62.7 cm³/mol. The zero-order valence-corrected chi connectivity index (χ0v) is 9.68. The average Bonchev–Trinajstić information content (AvgIpc) is 2.74. The van der Waals surface area contributed by atoms with Crippen molar-refractivity contribution >= 4 is 11.6 Å². The van der Waals surface area contributed by atoms with E-state index in [1.54, 1.807) is 7.11 Å². The van der Waals surface area contributed by atoms with Gasteiger partial charge in [0.25, 0.3) is 0 Å². The molecular weight excluding hydrogens is 210 g/mol. The SMILES string of the molecule is COc1cccc(CC2CCCN2)c1Cl. The second kappa shape index (κ2) is 4.86. The molecule has 1 aromatic rings. The summed E-state index contributed by atoms with van der Waals surface area (Å²) in [4.78, 5) is 0. The van der Waals surface area contributed by atoms with Crippen molar-refractivity contribution in [2.24, 2.45) is 0 Å². The van der Waals surface area contributed by atoms with E-state index in [0.717, 1.165) is 23.7 Å². The van der Waals surface area contributed by atoms with Gasteiger partial charge in [-0.1, -0.05) is 23.7 Å². The van der Waals surface area contributed by atoms with Gasteiger partial charge in [0.2, 0.25) is 0 Å². The third-order valence-electron chi connectivity index (χ3n) is 2.89. The van der Waals surface area contributed by atoms with E-state index < -0.39 is 0 Å². The maximum Gasteiger partial charge on any atom is 0.137 e. The van der Waals surface area contributed by atoms with Crippen molar-refractivity contribution < 1.29 is 4.74 Å². The molecule has 0 radical (unpaired) electrons. The number of nitrogens with one attached hydrogen (secondary N) is 1. The van der Waals surface area contributed by atoms with Crippen LogP contribution in [0.1, 0.15) is 18.4 Å². The van der Waals surface area contributed by atoms with Crippen molar-refractivity contribution in [1.82, 2.24) is 5.32 Å². The zero-order valence-electron chi connectivity index (χ0n) is 8.92. The summed E-state index contributed by atoms with van der Waals surface area (Å²) >= 11 is 6.23. The lowest BCUT2D eigenvalue weighted by Gasteiger charge is -2.13. The van der Waals surface area contributed by atoms with Gasteiger partial charge in [0.05, 0.1) is 12.1 Å². The third kappa shape index (κ3) is 2.44. The molecule has 1 aromatic carbocycles. The Morgan fingerprint density at radius 2 is 2.40 bits per heavy atom. The molecule has 0 aliphatic carbocycles. The Morgan fingerprint density at radius 3 is 3.07 bits per heavy atom. The highest BCUT2D eigenvalue weighted by molar-refractivity contribution is 6.32. The molecule has 2 nitrogen and oxygen atoms in total. The van der Waals surface area contributed by atoms with Crippen LogP contribution in [0.3, 0.4) is 0 Å². The van der Waals surface area contributed by atoms with E-state index in [2.05, 4.69) is 11.4 Å². The van der Waals surface area contributed by atoms with E-state index in [1.807, 2.05) is 12.1 Å². The Kier molecular flexibility index (Phi) is 3.49. The largest absolute Gasteiger partial charge is 0.495 e. The molecule has 0 saturated carbocycles. The summed E-state index contributed by atoms with van der Waals surface area (Å²) in [5.41, 5.74) is 1.18. The molecule has 2 rings (SSSR count). The van der Waals surface area contributed by atoms with Crippen LogP contribution in [-0.4, -0.2) is 19.7 Å². The van der Waals surface area contributed by atoms with Crippen molar-refractivity contribution in [3.05, 3.63) is 28.8 Å². The molecule has 1 unspecified atom stereocenters. The van der Waals surface area contributed by atoms with Crippen LogP contribution >= 0.6 is 11.6 Å². The first-order valence-electron chi connectivity index (χ1n) is 5.36. The molecule has 0 amide bonds. The van der Waals surface area contributed by atoms with Crippen molar-refractivity contribution in [3.63, 3.8) is 0 Å². The van der Waals surface area contributed by atoms with Crippen LogP contribution in [0.25, 0.3) is 0 Å². The lowest BCUT2D eigenvalue weighted by molar-refractivity contribution is 0.414. The van der Waals surface area contributed by atoms with E-state index in [0.29, 0.717) is 6.04 Å². The minimum Gasteiger partial charge on any atom is -0.495 e. The fourth-order valence-corrected chi connectivity index (χ4v) is 2.35. The molecule has 3 heteroatoms. The van der Waals surface area contributed by atoms with Crippen LogP contribution in [0, 0.1) is 0 Å². The number of ether oxygens (including phenoxy) is 1. The number of methoxy groups -OCH3 is 1. The lowest BCUT2D eigenvalue weighted by Crippen LogP contribution is -2.23. The Balaban J connectivity index is 2.13. The Hall–Kier alpha value is -0.730. The molecule has 1 aliphatic heterocycles. The molecular formula is C12H16ClNO. The average molecular weight is 226 g/mol. The van der Waals surface area contributed by atoms with Gasteiger partial charge in [-0.2, -0.15) is 0 Å². The van der Waals surface area contributed by atoms with E-state index in [9.17, 15) is 0 Å². The first-order valence-corrected chi connectivity index (χ1v) is 5.74. The summed E-state index contributed by atoms with van der Waals surface area (Å²) in [5, 5.41) is 4.23. The second-order valence-electron chi connectivity index (χ2n) is 3.93. The topological polar surface area (TPSA) is 21.3 Å². The Labute approximate surface area is 95.6 Å². The van der Waals surface area contributed by atoms with E-state index in [-0.39, 0.29) is 0 Å². The van der Waals surface area contributed by atoms with Crippen LogP contribution in [0.2, 0.25) is 5.02 Å². The van der Waals surface area contributed by atoms with Crippen LogP contribution in [0.5, 0.6) is 5.75 Å². The van der Waals surface area contributed by atoms with Gasteiger partial charge in [-0.25, -0.2) is 0 Å². The summed E-state index contributed by atoms with van der Waals surface area (Å²) in [6.07, 6.45) is 3.51. The number of halogens is 1. The van der Waals surface area contributed by atoms with Crippen LogP contribution in [0.4, 0.5) is 0 Å². The van der Waals surface area contributed by atoms with Crippen molar-refractivity contribution in [3.8, 4) is 5.75 Å². The number of hydrogen-bond donors (Lipinski definition) is 1. The first kappa shape index (κ1) is 10.8. The van der Waals surface area contributed by atoms with Gasteiger partial charge in [0.15, 0.2) is 0 Å². The molecule has 82 valence electrons. The first-order chi connectivity index (χ1) is 7.31. The fourth-order valence-electron chi connectivity index (χ4n) is 2.07. The molecule has 1 fully saturated rings. The number of rotatable bonds is 3. The van der Waals surface area contributed by atoms with E-state index >= 15 is 0 Å². The van der Waals surface area contributed by atoms with E-state index in [1.165, 1.54) is 18.4 Å². The van der Waals surface area contributed by atoms with Crippen LogP contribution < -0.4 is 10.1 Å². The normalized spacial score (nSPS) is 20.5. The second-order valence-corrected chi connectivity index (χ2v) is 4.31. The summed E-state index contributed by atoms with van der Waals surface area (Å²) in [5.74, 6) is 0.771. The van der Waals surface area contributed by atoms with Gasteiger partial charge in [-0.3, -0.25) is 0 Å². The number of hydrogen-bond acceptors (Lipinski definition) is 2. The van der Waals surface area contributed by atoms with Crippen LogP contribution in [-0.2, 0) is 6.42 Å². The Bertz CT molecular complexity index is 334. The van der Waals surface area contributed by atoms with Crippen LogP contribution in [0.15, 0.2) is 18.2 Å². The molecule has 1 atom stereocenters. The highest BCUT2D eigenvalue weighted by Crippen LogP contribution is 2.29. The van der Waals surface area contributed by atoms with Gasteiger partial charge in [0.1, 0.15) is 5.75 Å². The zero-order chi connectivity index (χ0) is 10.7. The highest BCUT2D eigenvalue weighted by Gasteiger charge is 2.16. The van der Waals surface area contributed by atoms with Gasteiger partial charge in [-0.15, -0.1) is 0 Å². The monoisotopic (exact) mass is 225 g/mol. The maximum atomic E-state index is 6.23. The molecule has 0 bridgehead atoms. The highest BCUT2D eigenvalue weighted by atomic mass is 35.5. The summed E-state index contributed by atoms with van der Waals surface area (Å²) < 4.78 is 5.20. The maximum absolute atomic E-state index is 6.23. The number of benzene rings is 1. The lowest BCUT2D eigenvalue weighted by atomic mass is 10.0. The van der Waals surface area contributed by atoms with Crippen molar-refractivity contribution in [1.29, 1.82) is 0 Å². The third-order valence-corrected chi connectivity index (χ3v) is 3.32. The smallest absolute Gasteiger partial charge is 0.137 e. The standard InChI is InChI=1S/C12H16ClNO/c1-15-11-6-2-4-9(12(11)13)8-10-5-3-7-14-10/h2,4,6,10,14H,3,5,7-8H2,1H3. The Morgan fingerprint density at radius 1 is 1.53 bits per heavy atom. The molecule has 15 heavy (non-hydrogen) atoms. The van der Waals surface area contributed by atoms with Gasteiger partial charge < -0.3 is 10.1 Å². The minimum absolute atomic E-state index is 0.578. The molecule has 1 heterocycles. The van der Waals surface area contributed by atoms with Crippen molar-refractivity contribution in [2.75, 3.05) is 13.7 Å². The molecule has 1 aliphatic rings. The predicted octanol–water partition coefficient (Wildman–Crippen LogP) is 2.64. The quantitative estimate of drug-likeness (QED) is 0.854. The molecule has 0 aromatic heterocycles. The summed E-state index contributed by atoms with van der Waals surface area (Å²) in [7, 11) is 1.65. The minimum atomic E-state index is 0.578. The van der Waals surface area contributed by atoms with Gasteiger partial charge in [-0.05, 0) is 37.4 Å². The summed E-state index contributed by atoms with van der Waals surface area (Å²) in [6, 6.07) is 6.54. The van der Waals surface area contributed by atoms with Gasteiger partial charge >= 0.3 is 0 Å². The summed E-state index contributed by atoms with van der Waals surface area (Å²) in [6.45, 7) is 1.13. The van der Waals surface area contributed by atoms with Gasteiger partial charge in [0, 0.05) is 6.04 Å². The molecule has 1 N–H and O–H groups in total. The van der Waals surface area contributed by atoms with Crippen molar-refractivity contribution in [2.45, 2.75) is 25.3 Å². The molecule has 0 spiro atoms. The van der Waals surface area contributed by atoms with E-state index in [4.69, 9.17) is 16.3 Å². The molecule has 1 saturated heterocycles.